The van der Waals surface area contributed by atoms with Crippen molar-refractivity contribution in [2.24, 2.45) is 5.41 Å². The normalized spacial score (nSPS) is 18.5. The van der Waals surface area contributed by atoms with E-state index in [0.717, 1.165) is 36.8 Å². The number of piperidine rings is 2. The summed E-state index contributed by atoms with van der Waals surface area (Å²) in [5.74, 6) is 1.38. The van der Waals surface area contributed by atoms with Gasteiger partial charge in [0.15, 0.2) is 11.5 Å². The van der Waals surface area contributed by atoms with Crippen LogP contribution in [-0.4, -0.2) is 66.2 Å². The van der Waals surface area contributed by atoms with E-state index in [4.69, 9.17) is 18.9 Å². The number of hydrogen-bond donors (Lipinski definition) is 0. The van der Waals surface area contributed by atoms with Crippen molar-refractivity contribution < 1.29 is 28.5 Å². The number of hydrogen-bond acceptors (Lipinski definition) is 9. The molecule has 11 nitrogen and oxygen atoms in total. The number of amides is 2. The van der Waals surface area contributed by atoms with Crippen LogP contribution in [0.4, 0.5) is 9.59 Å². The third-order valence-electron chi connectivity index (χ3n) is 12.0. The molecule has 0 spiro atoms. The van der Waals surface area contributed by atoms with Gasteiger partial charge in [0.05, 0.1) is 34.5 Å². The average Bonchev–Trinajstić information content (AvgIpc) is 3.74. The Labute approximate surface area is 363 Å². The Hall–Kier alpha value is -5.73. The Morgan fingerprint density at radius 2 is 1.08 bits per heavy atom. The van der Waals surface area contributed by atoms with Crippen LogP contribution >= 0.6 is 0 Å². The van der Waals surface area contributed by atoms with E-state index in [1.54, 1.807) is 9.80 Å². The zero-order valence-electron chi connectivity index (χ0n) is 37.0. The molecule has 7 rings (SSSR count). The van der Waals surface area contributed by atoms with Gasteiger partial charge < -0.3 is 28.7 Å². The first kappa shape index (κ1) is 46.3. The number of aryl methyl sites for hydroxylation is 1. The largest absolute Gasteiger partial charge is 0.454 e. The van der Waals surface area contributed by atoms with Crippen LogP contribution in [0.3, 0.4) is 0 Å². The van der Waals surface area contributed by atoms with Crippen LogP contribution in [0.2, 0.25) is 0 Å². The van der Waals surface area contributed by atoms with Gasteiger partial charge in [0.1, 0.15) is 11.2 Å². The van der Waals surface area contributed by atoms with Crippen molar-refractivity contribution in [2.75, 3.05) is 33.0 Å². The smallest absolute Gasteiger partial charge is 0.410 e. The number of likely N-dealkylation sites (tertiary alicyclic amines) is 2. The molecule has 0 radical (unpaired) electrons. The number of benzene rings is 3. The molecule has 0 atom stereocenters. The monoisotopic (exact) mass is 829 g/mol. The number of nitrogens with zero attached hydrogens (tertiary/aromatic N) is 5. The van der Waals surface area contributed by atoms with Crippen LogP contribution < -0.4 is 9.47 Å². The van der Waals surface area contributed by atoms with Crippen LogP contribution in [0.15, 0.2) is 78.9 Å². The molecular weight excluding hydrogens is 767 g/mol. The summed E-state index contributed by atoms with van der Waals surface area (Å²) in [6.07, 6.45) is 9.92. The lowest BCUT2D eigenvalue weighted by Gasteiger charge is -2.38. The van der Waals surface area contributed by atoms with Crippen LogP contribution in [0.1, 0.15) is 122 Å². The number of nitriles is 3. The molecule has 61 heavy (non-hydrogen) atoms. The molecule has 3 aromatic carbocycles. The van der Waals surface area contributed by atoms with Crippen molar-refractivity contribution in [3.8, 4) is 29.7 Å². The Kier molecular flexibility index (Phi) is 15.4. The van der Waals surface area contributed by atoms with E-state index >= 15 is 0 Å². The van der Waals surface area contributed by atoms with Gasteiger partial charge in [0, 0.05) is 26.2 Å². The highest BCUT2D eigenvalue weighted by molar-refractivity contribution is 5.69. The van der Waals surface area contributed by atoms with Crippen molar-refractivity contribution >= 4 is 12.2 Å². The Morgan fingerprint density at radius 3 is 1.56 bits per heavy atom. The highest BCUT2D eigenvalue weighted by Gasteiger charge is 2.41. The maximum Gasteiger partial charge on any atom is 0.410 e. The van der Waals surface area contributed by atoms with Gasteiger partial charge in [0.25, 0.3) is 0 Å². The molecular formula is C50H63N5O6. The molecule has 3 heterocycles. The van der Waals surface area contributed by atoms with E-state index in [0.29, 0.717) is 63.4 Å². The summed E-state index contributed by atoms with van der Waals surface area (Å²) in [5, 5.41) is 28.8. The Bertz CT molecular complexity index is 2030. The molecule has 0 N–H and O–H groups in total. The number of rotatable bonds is 5. The van der Waals surface area contributed by atoms with Gasteiger partial charge in [-0.2, -0.15) is 15.8 Å². The average molecular weight is 830 g/mol. The summed E-state index contributed by atoms with van der Waals surface area (Å²) < 4.78 is 21.5. The molecule has 0 unspecified atom stereocenters. The van der Waals surface area contributed by atoms with Gasteiger partial charge in [0.2, 0.25) is 6.79 Å². The quantitative estimate of drug-likeness (QED) is 0.245. The molecule has 1 aliphatic carbocycles. The van der Waals surface area contributed by atoms with Crippen molar-refractivity contribution in [2.45, 2.75) is 134 Å². The predicted molar refractivity (Wildman–Crippen MR) is 234 cm³/mol. The fourth-order valence-corrected chi connectivity index (χ4v) is 8.35. The minimum absolute atomic E-state index is 0.0198. The topological polar surface area (TPSA) is 149 Å². The number of carbonyl (C=O) groups is 2. The van der Waals surface area contributed by atoms with E-state index in [2.05, 4.69) is 42.5 Å². The summed E-state index contributed by atoms with van der Waals surface area (Å²) in [4.78, 5) is 27.6. The zero-order valence-corrected chi connectivity index (χ0v) is 37.0. The molecule has 11 heteroatoms. The third-order valence-corrected chi connectivity index (χ3v) is 12.0. The molecule has 2 amide bonds. The SMILES string of the molecule is CC(C)(C)OC(=O)N1CCC(C#N)(c2ccc3c(c2)OCO3)CC1.CC(C)(C)OC(=O)N1CCC(C#N)(c2ccccc2)CC1.N#CC1(CCc2ccccc2)CCCCC1. The fraction of sp³-hybridized carbons (Fsp3) is 0.540. The van der Waals surface area contributed by atoms with Crippen molar-refractivity contribution in [3.63, 3.8) is 0 Å². The van der Waals surface area contributed by atoms with Gasteiger partial charge in [-0.05, 0) is 122 Å². The van der Waals surface area contributed by atoms with E-state index in [9.17, 15) is 25.4 Å². The second kappa shape index (κ2) is 20.2. The lowest BCUT2D eigenvalue weighted by atomic mass is 9.72. The summed E-state index contributed by atoms with van der Waals surface area (Å²) in [7, 11) is 0. The van der Waals surface area contributed by atoms with Crippen LogP contribution in [0.5, 0.6) is 11.5 Å². The van der Waals surface area contributed by atoms with Crippen LogP contribution in [0.25, 0.3) is 0 Å². The lowest BCUT2D eigenvalue weighted by molar-refractivity contribution is 0.0175. The third kappa shape index (κ3) is 12.6. The van der Waals surface area contributed by atoms with Crippen molar-refractivity contribution in [1.82, 2.24) is 9.80 Å². The first-order valence-electron chi connectivity index (χ1n) is 21.7. The van der Waals surface area contributed by atoms with E-state index < -0.39 is 22.0 Å². The van der Waals surface area contributed by atoms with E-state index in [1.165, 1.54) is 24.8 Å². The van der Waals surface area contributed by atoms with Crippen molar-refractivity contribution in [1.29, 1.82) is 15.8 Å². The van der Waals surface area contributed by atoms with Gasteiger partial charge in [-0.3, -0.25) is 0 Å². The second-order valence-corrected chi connectivity index (χ2v) is 18.7. The van der Waals surface area contributed by atoms with Gasteiger partial charge in [-0.25, -0.2) is 9.59 Å². The lowest BCUT2D eigenvalue weighted by Crippen LogP contribution is -2.46. The molecule has 0 aromatic heterocycles. The Morgan fingerprint density at radius 1 is 0.607 bits per heavy atom. The second-order valence-electron chi connectivity index (χ2n) is 18.7. The predicted octanol–water partition coefficient (Wildman–Crippen LogP) is 10.8. The minimum Gasteiger partial charge on any atom is -0.454 e. The maximum absolute atomic E-state index is 12.2. The number of fused-ring (bicyclic) bond motifs is 1. The van der Waals surface area contributed by atoms with Crippen LogP contribution in [-0.2, 0) is 26.7 Å². The van der Waals surface area contributed by atoms with Crippen LogP contribution in [0, 0.1) is 39.4 Å². The summed E-state index contributed by atoms with van der Waals surface area (Å²) in [5.41, 5.74) is 1.20. The summed E-state index contributed by atoms with van der Waals surface area (Å²) in [6, 6.07) is 33.5. The molecule has 1 saturated carbocycles. The standard InChI is InChI=1S/C18H22N2O4.C17H22N2O2.C15H19N/c1-17(2,3)24-16(21)20-8-6-18(11-19,7-9-20)13-4-5-14-15(10-13)23-12-22-14;1-16(2,3)21-15(20)19-11-9-17(13-18,10-12-19)14-7-5-4-6-8-14;16-13-15(10-5-2-6-11-15)12-9-14-7-3-1-4-8-14/h4-5,10H,6-9,12H2,1-3H3;4-8H,9-12H2,1-3H3;1,3-4,7-8H,2,5-6,9-12H2. The fourth-order valence-electron chi connectivity index (χ4n) is 8.35. The van der Waals surface area contributed by atoms with Gasteiger partial charge >= 0.3 is 12.2 Å². The Balaban J connectivity index is 0.000000177. The van der Waals surface area contributed by atoms with Gasteiger partial charge in [-0.1, -0.05) is 86.0 Å². The first-order chi connectivity index (χ1) is 29.0. The molecule has 0 bridgehead atoms. The first-order valence-corrected chi connectivity index (χ1v) is 21.7. The van der Waals surface area contributed by atoms with E-state index in [-0.39, 0.29) is 24.4 Å². The molecule has 2 saturated heterocycles. The number of carbonyl (C=O) groups excluding carboxylic acids is 2. The highest BCUT2D eigenvalue weighted by Crippen LogP contribution is 2.42. The van der Waals surface area contributed by atoms with Gasteiger partial charge in [-0.15, -0.1) is 0 Å². The van der Waals surface area contributed by atoms with E-state index in [1.807, 2.05) is 96.1 Å². The zero-order chi connectivity index (χ0) is 44.2. The molecule has 4 aliphatic rings. The maximum atomic E-state index is 12.2. The van der Waals surface area contributed by atoms with Crippen molar-refractivity contribution in [3.05, 3.63) is 95.6 Å². The minimum atomic E-state index is -0.612. The molecule has 3 fully saturated rings. The summed E-state index contributed by atoms with van der Waals surface area (Å²) >= 11 is 0. The number of ether oxygens (including phenoxy) is 4. The molecule has 324 valence electrons. The summed E-state index contributed by atoms with van der Waals surface area (Å²) in [6.45, 7) is 13.4. The molecule has 3 aliphatic heterocycles. The molecule has 3 aromatic rings. The highest BCUT2D eigenvalue weighted by atomic mass is 16.7.